The van der Waals surface area contributed by atoms with Crippen molar-refractivity contribution in [3.8, 4) is 5.75 Å². The highest BCUT2D eigenvalue weighted by Crippen LogP contribution is 2.23. The summed E-state index contributed by atoms with van der Waals surface area (Å²) in [5.41, 5.74) is -0.686. The highest BCUT2D eigenvalue weighted by Gasteiger charge is 2.31. The Balaban J connectivity index is 1.93. The van der Waals surface area contributed by atoms with E-state index in [1.165, 1.54) is 0 Å². The number of nitrogens with zero attached hydrogens (tertiary/aromatic N) is 1. The van der Waals surface area contributed by atoms with E-state index in [1.807, 2.05) is 45.0 Å². The molecule has 6 heteroatoms. The first kappa shape index (κ1) is 19.4. The van der Waals surface area contributed by atoms with E-state index < -0.39 is 22.5 Å². The number of nitrogens with one attached hydrogen (secondary N) is 1. The summed E-state index contributed by atoms with van der Waals surface area (Å²) in [4.78, 5) is 3.08. The first-order valence-electron chi connectivity index (χ1n) is 8.71. The van der Waals surface area contributed by atoms with E-state index in [-0.39, 0.29) is 0 Å². The number of β-amino-alcohol motifs (C(OH)–C–C–N with tert-alkyl or cyclic N) is 1. The zero-order valence-electron chi connectivity index (χ0n) is 15.0. The van der Waals surface area contributed by atoms with Crippen LogP contribution in [0.25, 0.3) is 0 Å². The van der Waals surface area contributed by atoms with E-state index >= 15 is 0 Å². The quantitative estimate of drug-likeness (QED) is 0.743. The van der Waals surface area contributed by atoms with Gasteiger partial charge in [0.25, 0.3) is 0 Å². The molecule has 0 spiro atoms. The third-order valence-corrected chi connectivity index (χ3v) is 5.88. The second-order valence-corrected chi connectivity index (χ2v) is 8.36. The van der Waals surface area contributed by atoms with Crippen molar-refractivity contribution in [1.82, 2.24) is 10.2 Å². The Morgan fingerprint density at radius 1 is 1.29 bits per heavy atom. The first-order chi connectivity index (χ1) is 11.4. The summed E-state index contributed by atoms with van der Waals surface area (Å²) in [5, 5.41) is 13.9. The summed E-state index contributed by atoms with van der Waals surface area (Å²) in [5.74, 6) is 1.37. The fraction of sp³-hybridized carbons (Fsp3) is 0.667. The summed E-state index contributed by atoms with van der Waals surface area (Å²) >= 11 is 0. The molecule has 0 amide bonds. The van der Waals surface area contributed by atoms with Crippen molar-refractivity contribution in [3.63, 3.8) is 0 Å². The van der Waals surface area contributed by atoms with Crippen LogP contribution in [-0.4, -0.2) is 64.4 Å². The Kier molecular flexibility index (Phi) is 7.22. The summed E-state index contributed by atoms with van der Waals surface area (Å²) in [6, 6.07) is 7.37. The van der Waals surface area contributed by atoms with E-state index in [1.54, 1.807) is 0 Å². The van der Waals surface area contributed by atoms with E-state index in [0.29, 0.717) is 18.0 Å². The number of ether oxygens (including phenoxy) is 1. The molecule has 0 radical (unpaired) electrons. The highest BCUT2D eigenvalue weighted by atomic mass is 32.2. The van der Waals surface area contributed by atoms with Crippen molar-refractivity contribution < 1.29 is 14.1 Å². The van der Waals surface area contributed by atoms with Gasteiger partial charge in [-0.3, -0.25) is 9.11 Å². The second-order valence-electron chi connectivity index (χ2n) is 6.79. The molecule has 2 rings (SSSR count). The highest BCUT2D eigenvalue weighted by molar-refractivity contribution is 7.85. The van der Waals surface area contributed by atoms with Gasteiger partial charge in [-0.15, -0.1) is 0 Å². The second kappa shape index (κ2) is 8.94. The Morgan fingerprint density at radius 3 is 2.50 bits per heavy atom. The predicted molar refractivity (Wildman–Crippen MR) is 98.0 cm³/mol. The fourth-order valence-electron chi connectivity index (χ4n) is 2.69. The van der Waals surface area contributed by atoms with Gasteiger partial charge in [-0.2, -0.15) is 0 Å². The maximum atomic E-state index is 12.0. The Hall–Kier alpha value is -0.950. The smallest absolute Gasteiger partial charge is 0.130 e. The van der Waals surface area contributed by atoms with Crippen molar-refractivity contribution in [3.05, 3.63) is 24.3 Å². The van der Waals surface area contributed by atoms with Gasteiger partial charge in [0.05, 0.1) is 10.8 Å². The molecule has 1 aromatic carbocycles. The van der Waals surface area contributed by atoms with E-state index in [2.05, 4.69) is 10.2 Å². The third kappa shape index (κ3) is 5.55. The van der Waals surface area contributed by atoms with Crippen LogP contribution in [0, 0.1) is 0 Å². The van der Waals surface area contributed by atoms with Crippen molar-refractivity contribution in [2.24, 2.45) is 0 Å². The SMILES string of the molecule is CCCS(=O)c1ccc(OC(C)(C)C(O)CN2CCNCC2)cc1. The lowest BCUT2D eigenvalue weighted by Gasteiger charge is -2.36. The van der Waals surface area contributed by atoms with Crippen LogP contribution in [-0.2, 0) is 10.8 Å². The number of hydrogen-bond donors (Lipinski definition) is 2. The zero-order chi connectivity index (χ0) is 17.6. The molecule has 1 aliphatic rings. The number of piperazine rings is 1. The van der Waals surface area contributed by atoms with Crippen LogP contribution in [0.2, 0.25) is 0 Å². The van der Waals surface area contributed by atoms with Gasteiger partial charge in [-0.05, 0) is 44.5 Å². The minimum Gasteiger partial charge on any atom is -0.485 e. The summed E-state index contributed by atoms with van der Waals surface area (Å²) < 4.78 is 18.0. The number of aliphatic hydroxyl groups excluding tert-OH is 1. The Morgan fingerprint density at radius 2 is 1.92 bits per heavy atom. The van der Waals surface area contributed by atoms with Crippen LogP contribution >= 0.6 is 0 Å². The van der Waals surface area contributed by atoms with Crippen LogP contribution < -0.4 is 10.1 Å². The van der Waals surface area contributed by atoms with Gasteiger partial charge < -0.3 is 15.2 Å². The molecule has 1 fully saturated rings. The van der Waals surface area contributed by atoms with Gasteiger partial charge in [-0.25, -0.2) is 0 Å². The number of rotatable bonds is 8. The minimum absolute atomic E-state index is 0.579. The normalized spacial score (nSPS) is 19.0. The van der Waals surface area contributed by atoms with Crippen molar-refractivity contribution in [2.45, 2.75) is 43.8 Å². The molecule has 0 aromatic heterocycles. The van der Waals surface area contributed by atoms with Gasteiger partial charge in [0.2, 0.25) is 0 Å². The van der Waals surface area contributed by atoms with Crippen molar-refractivity contribution in [2.75, 3.05) is 38.5 Å². The third-order valence-electron chi connectivity index (χ3n) is 4.30. The predicted octanol–water partition coefficient (Wildman–Crippen LogP) is 1.63. The molecule has 136 valence electrons. The lowest BCUT2D eigenvalue weighted by molar-refractivity contribution is -0.0456. The van der Waals surface area contributed by atoms with Gasteiger partial charge in [0, 0.05) is 43.4 Å². The van der Waals surface area contributed by atoms with E-state index in [4.69, 9.17) is 4.74 Å². The largest absolute Gasteiger partial charge is 0.485 e. The average molecular weight is 355 g/mol. The summed E-state index contributed by atoms with van der Waals surface area (Å²) in [6.07, 6.45) is 0.320. The van der Waals surface area contributed by atoms with Crippen molar-refractivity contribution in [1.29, 1.82) is 0 Å². The molecular weight excluding hydrogens is 324 g/mol. The monoisotopic (exact) mass is 354 g/mol. The topological polar surface area (TPSA) is 61.8 Å². The molecule has 0 bridgehead atoms. The average Bonchev–Trinajstić information content (AvgIpc) is 2.56. The minimum atomic E-state index is -0.946. The van der Waals surface area contributed by atoms with Crippen molar-refractivity contribution >= 4 is 10.8 Å². The molecule has 2 atom stereocenters. The molecular formula is C18H30N2O3S. The summed E-state index contributed by atoms with van der Waals surface area (Å²) in [7, 11) is -0.946. The van der Waals surface area contributed by atoms with Crippen LogP contribution in [0.3, 0.4) is 0 Å². The van der Waals surface area contributed by atoms with Gasteiger partial charge in [0.15, 0.2) is 0 Å². The maximum absolute atomic E-state index is 12.0. The molecule has 1 aromatic rings. The lowest BCUT2D eigenvalue weighted by Crippen LogP contribution is -2.52. The van der Waals surface area contributed by atoms with Gasteiger partial charge in [0.1, 0.15) is 17.5 Å². The molecule has 1 aliphatic heterocycles. The lowest BCUT2D eigenvalue weighted by atomic mass is 10.0. The molecule has 1 saturated heterocycles. The van der Waals surface area contributed by atoms with Crippen LogP contribution in [0.15, 0.2) is 29.2 Å². The van der Waals surface area contributed by atoms with Crippen LogP contribution in [0.1, 0.15) is 27.2 Å². The summed E-state index contributed by atoms with van der Waals surface area (Å²) in [6.45, 7) is 10.3. The number of aliphatic hydroxyl groups is 1. The standard InChI is InChI=1S/C18H30N2O3S/c1-4-13-24(22)16-7-5-15(6-8-16)23-18(2,3)17(21)14-20-11-9-19-10-12-20/h5-8,17,19,21H,4,9-14H2,1-3H3. The number of hydrogen-bond acceptors (Lipinski definition) is 5. The molecule has 24 heavy (non-hydrogen) atoms. The molecule has 5 nitrogen and oxygen atoms in total. The Bertz CT molecular complexity index is 528. The van der Waals surface area contributed by atoms with Gasteiger partial charge in [-0.1, -0.05) is 6.92 Å². The Labute approximate surface area is 147 Å². The molecule has 2 unspecified atom stereocenters. The van der Waals surface area contributed by atoms with Crippen LogP contribution in [0.5, 0.6) is 5.75 Å². The molecule has 2 N–H and O–H groups in total. The molecule has 0 saturated carbocycles. The van der Waals surface area contributed by atoms with E-state index in [0.717, 1.165) is 37.5 Å². The number of benzene rings is 1. The van der Waals surface area contributed by atoms with Gasteiger partial charge >= 0.3 is 0 Å². The zero-order valence-corrected chi connectivity index (χ0v) is 15.8. The molecule has 1 heterocycles. The van der Waals surface area contributed by atoms with E-state index in [9.17, 15) is 9.32 Å². The maximum Gasteiger partial charge on any atom is 0.130 e. The molecule has 0 aliphatic carbocycles. The first-order valence-corrected chi connectivity index (χ1v) is 10.0. The van der Waals surface area contributed by atoms with Crippen LogP contribution in [0.4, 0.5) is 0 Å². The fourth-order valence-corrected chi connectivity index (χ4v) is 3.74.